The molecule has 2 aromatic heterocycles. The number of ether oxygens (including phenoxy) is 1. The van der Waals surface area contributed by atoms with Gasteiger partial charge in [-0.2, -0.15) is 0 Å². The Morgan fingerprint density at radius 3 is 2.24 bits per heavy atom. The average Bonchev–Trinajstić information content (AvgIpc) is 3.65. The molecule has 3 heterocycles. The van der Waals surface area contributed by atoms with E-state index in [2.05, 4.69) is 49.0 Å². The highest BCUT2D eigenvalue weighted by Crippen LogP contribution is 2.28. The van der Waals surface area contributed by atoms with E-state index in [1.165, 1.54) is 50.3 Å². The van der Waals surface area contributed by atoms with Crippen LogP contribution < -0.4 is 5.56 Å². The van der Waals surface area contributed by atoms with Gasteiger partial charge in [0.05, 0.1) is 28.4 Å². The number of hydrogen-bond acceptors (Lipinski definition) is 6. The molecule has 3 rings (SSSR count). The molecule has 12 heteroatoms. The number of halogens is 3. The number of aliphatic imine (C=N–C) groups is 1. The number of nitrogens with zero attached hydrogens (tertiary/aromatic N) is 2. The van der Waals surface area contributed by atoms with Gasteiger partial charge < -0.3 is 19.7 Å². The summed E-state index contributed by atoms with van der Waals surface area (Å²) in [7, 11) is 1.35. The van der Waals surface area contributed by atoms with E-state index in [1.54, 1.807) is 17.9 Å². The average molecular weight is 726 g/mol. The van der Waals surface area contributed by atoms with Crippen LogP contribution in [0.4, 0.5) is 13.6 Å². The summed E-state index contributed by atoms with van der Waals surface area (Å²) in [4.78, 5) is 40.7. The molecule has 0 saturated heterocycles. The van der Waals surface area contributed by atoms with Crippen LogP contribution in [0, 0.1) is 11.8 Å². The molecule has 274 valence electrons. The van der Waals surface area contributed by atoms with Crippen molar-refractivity contribution in [3.8, 4) is 0 Å². The molecule has 1 amide bonds. The number of unbranched alkanes of at least 4 members (excludes halogenated alkanes) is 3. The number of aromatic amines is 1. The largest absolute Gasteiger partial charge is 0.483 e. The van der Waals surface area contributed by atoms with Crippen LogP contribution in [0.15, 0.2) is 63.9 Å². The van der Waals surface area contributed by atoms with Crippen molar-refractivity contribution in [1.82, 2.24) is 9.88 Å². The lowest BCUT2D eigenvalue weighted by atomic mass is 9.98. The quantitative estimate of drug-likeness (QED) is 0.0979. The molecular formula is C37H54ClF2N3O5S. The van der Waals surface area contributed by atoms with E-state index in [0.29, 0.717) is 48.1 Å². The number of rotatable bonds is 12. The van der Waals surface area contributed by atoms with E-state index in [1.807, 2.05) is 36.6 Å². The van der Waals surface area contributed by atoms with Gasteiger partial charge in [0.2, 0.25) is 0 Å². The summed E-state index contributed by atoms with van der Waals surface area (Å²) >= 11 is 7.36. The molecular weight excluding hydrogens is 672 g/mol. The monoisotopic (exact) mass is 725 g/mol. The fraction of sp³-hybridized carbons (Fsp3) is 0.514. The molecule has 0 aromatic carbocycles. The van der Waals surface area contributed by atoms with Gasteiger partial charge in [-0.15, -0.1) is 11.3 Å². The molecule has 2 aromatic rings. The van der Waals surface area contributed by atoms with Gasteiger partial charge in [-0.25, -0.2) is 13.6 Å². The summed E-state index contributed by atoms with van der Waals surface area (Å²) in [6.45, 7) is 17.1. The first kappa shape index (κ1) is 45.4. The highest BCUT2D eigenvalue weighted by atomic mass is 35.5. The molecule has 2 N–H and O–H groups in total. The number of H-pyrrole nitrogens is 1. The molecule has 8 nitrogen and oxygen atoms in total. The summed E-state index contributed by atoms with van der Waals surface area (Å²) in [5.74, 6) is 0.0731. The molecule has 0 saturated carbocycles. The van der Waals surface area contributed by atoms with Crippen molar-refractivity contribution in [1.29, 1.82) is 0 Å². The maximum atomic E-state index is 13.3. The first-order valence-corrected chi connectivity index (χ1v) is 17.9. The van der Waals surface area contributed by atoms with Crippen LogP contribution in [-0.4, -0.2) is 59.9 Å². The van der Waals surface area contributed by atoms with Crippen LogP contribution in [0.25, 0.3) is 11.3 Å². The predicted molar refractivity (Wildman–Crippen MR) is 201 cm³/mol. The number of alkyl halides is 2. The number of carbonyl (C=O) groups excluding carboxylic acids is 1. The second-order valence-electron chi connectivity index (χ2n) is 11.3. The van der Waals surface area contributed by atoms with E-state index < -0.39 is 6.43 Å². The molecule has 1 aliphatic heterocycles. The zero-order chi connectivity index (χ0) is 37.4. The summed E-state index contributed by atoms with van der Waals surface area (Å²) in [5.41, 5.74) is 2.77. The van der Waals surface area contributed by atoms with Crippen molar-refractivity contribution >= 4 is 52.5 Å². The fourth-order valence-corrected chi connectivity index (χ4v) is 5.14. The third-order valence-electron chi connectivity index (χ3n) is 7.74. The first-order chi connectivity index (χ1) is 23.3. The summed E-state index contributed by atoms with van der Waals surface area (Å²) in [5, 5.41) is 9.30. The van der Waals surface area contributed by atoms with Crippen molar-refractivity contribution in [2.24, 2.45) is 16.8 Å². The molecule has 2 atom stereocenters. The Labute approximate surface area is 299 Å². The molecule has 0 aliphatic carbocycles. The Kier molecular flexibility index (Phi) is 24.4. The lowest BCUT2D eigenvalue weighted by Gasteiger charge is -2.24. The summed E-state index contributed by atoms with van der Waals surface area (Å²) < 4.78 is 31.3. The van der Waals surface area contributed by atoms with Crippen LogP contribution in [-0.2, 0) is 9.53 Å². The highest BCUT2D eigenvalue weighted by molar-refractivity contribution is 7.11. The van der Waals surface area contributed by atoms with Gasteiger partial charge in [-0.05, 0) is 60.3 Å². The smallest absolute Gasteiger partial charge is 0.409 e. The van der Waals surface area contributed by atoms with Gasteiger partial charge in [0.15, 0.2) is 0 Å². The molecule has 0 bridgehead atoms. The minimum atomic E-state index is -2.53. The minimum absolute atomic E-state index is 0.0425. The number of pyridine rings is 1. The standard InChI is InChI=1S/C18H25F2NS.C12H13ClN2O3.C6H14.CH2O2/c1-6-12(3)14(5)11-15(16-9-8-10-22-16)21-17(18(19)20)13(4)7-2;1-18-12(17)15-4-2-8(3-5-15)10-6-9(13)7-14-11(10)16;1-3-5-6-4-2;2-1-3/h8-13,18H,5-7H2,1-4H3;2,6-7H,3-5H2,1H3,(H,14,16);3-6H2,1-2H3;1H,(H,2,3)/b15-11-,21-17?;;;. The Morgan fingerprint density at radius 2 is 1.80 bits per heavy atom. The first-order valence-electron chi connectivity index (χ1n) is 16.6. The topological polar surface area (TPSA) is 112 Å². The Morgan fingerprint density at radius 1 is 1.18 bits per heavy atom. The molecule has 0 radical (unpaired) electrons. The van der Waals surface area contributed by atoms with Gasteiger partial charge in [0.1, 0.15) is 0 Å². The van der Waals surface area contributed by atoms with Gasteiger partial charge >= 0.3 is 6.09 Å². The number of thiophene rings is 1. The number of aromatic nitrogens is 1. The van der Waals surface area contributed by atoms with Gasteiger partial charge in [-0.3, -0.25) is 14.6 Å². The van der Waals surface area contributed by atoms with Gasteiger partial charge in [0, 0.05) is 24.8 Å². The summed E-state index contributed by atoms with van der Waals surface area (Å²) in [6.07, 6.45) is 10.0. The Balaban J connectivity index is 0.000000762. The molecule has 1 aliphatic rings. The van der Waals surface area contributed by atoms with Crippen LogP contribution in [0.2, 0.25) is 5.02 Å². The fourth-order valence-electron chi connectivity index (χ4n) is 4.29. The predicted octanol–water partition coefficient (Wildman–Crippen LogP) is 10.6. The van der Waals surface area contributed by atoms with Crippen LogP contribution in [0.3, 0.4) is 0 Å². The number of carbonyl (C=O) groups is 2. The number of hydrogen-bond donors (Lipinski definition) is 2. The van der Waals surface area contributed by atoms with Gasteiger partial charge in [-0.1, -0.05) is 103 Å². The second-order valence-corrected chi connectivity index (χ2v) is 12.7. The third kappa shape index (κ3) is 17.6. The lowest BCUT2D eigenvalue weighted by Crippen LogP contribution is -2.34. The van der Waals surface area contributed by atoms with Crippen molar-refractivity contribution in [2.75, 3.05) is 20.2 Å². The van der Waals surface area contributed by atoms with Crippen molar-refractivity contribution in [2.45, 2.75) is 92.9 Å². The number of allylic oxidation sites excluding steroid dienone is 2. The van der Waals surface area contributed by atoms with E-state index in [4.69, 9.17) is 21.5 Å². The highest BCUT2D eigenvalue weighted by Gasteiger charge is 2.21. The molecule has 0 spiro atoms. The van der Waals surface area contributed by atoms with E-state index in [0.717, 1.165) is 22.4 Å². The normalized spacial score (nSPS) is 14.1. The minimum Gasteiger partial charge on any atom is -0.483 e. The molecule has 0 fully saturated rings. The third-order valence-corrected chi connectivity index (χ3v) is 8.86. The number of methoxy groups -OCH3 is 1. The second kappa shape index (κ2) is 26.3. The zero-order valence-electron chi connectivity index (χ0n) is 29.9. The lowest BCUT2D eigenvalue weighted by molar-refractivity contribution is -0.122. The van der Waals surface area contributed by atoms with Crippen molar-refractivity contribution < 1.29 is 28.2 Å². The SMILES string of the molecule is C=C(/C=C(\N=C(C(F)F)C(C)CC)c1cccs1)C(C)CC.CCCCCC.COC(=O)N1CC=C(c2cc(Cl)c[nH]c2=O)CC1.O=CO. The van der Waals surface area contributed by atoms with Crippen molar-refractivity contribution in [3.63, 3.8) is 0 Å². The molecule has 49 heavy (non-hydrogen) atoms. The van der Waals surface area contributed by atoms with E-state index in [-0.39, 0.29) is 29.8 Å². The van der Waals surface area contributed by atoms with Crippen LogP contribution in [0.5, 0.6) is 0 Å². The molecule has 2 unspecified atom stereocenters. The number of nitrogens with one attached hydrogen (secondary N) is 1. The van der Waals surface area contributed by atoms with Crippen LogP contribution >= 0.6 is 22.9 Å². The van der Waals surface area contributed by atoms with E-state index in [9.17, 15) is 18.4 Å². The number of amides is 1. The van der Waals surface area contributed by atoms with E-state index >= 15 is 0 Å². The number of carboxylic acid groups (broad SMARTS) is 1. The van der Waals surface area contributed by atoms with Gasteiger partial charge in [0.25, 0.3) is 18.5 Å². The van der Waals surface area contributed by atoms with Crippen LogP contribution in [0.1, 0.15) is 96.9 Å². The Bertz CT molecular complexity index is 1400. The zero-order valence-corrected chi connectivity index (χ0v) is 31.5. The maximum Gasteiger partial charge on any atom is 0.409 e. The maximum absolute atomic E-state index is 13.3. The van der Waals surface area contributed by atoms with Crippen molar-refractivity contribution in [3.05, 3.63) is 79.9 Å². The Hall–Kier alpha value is -3.57. The summed E-state index contributed by atoms with van der Waals surface area (Å²) in [6, 6.07) is 5.45.